The Hall–Kier alpha value is -3.03. The van der Waals surface area contributed by atoms with Crippen LogP contribution in [0.1, 0.15) is 24.2 Å². The van der Waals surface area contributed by atoms with Crippen molar-refractivity contribution in [3.8, 4) is 11.5 Å². The first kappa shape index (κ1) is 21.2. The highest BCUT2D eigenvalue weighted by atomic mass is 35.5. The highest BCUT2D eigenvalue weighted by molar-refractivity contribution is 6.30. The Morgan fingerprint density at radius 2 is 1.58 bits per heavy atom. The number of hydrogen-bond acceptors (Lipinski definition) is 3. The largest absolute Gasteiger partial charge is 0.457 e. The summed E-state index contributed by atoms with van der Waals surface area (Å²) in [5.41, 5.74) is 0.146. The van der Waals surface area contributed by atoms with Crippen LogP contribution >= 0.6 is 11.6 Å². The van der Waals surface area contributed by atoms with Crippen LogP contribution in [0.3, 0.4) is 0 Å². The van der Waals surface area contributed by atoms with Crippen molar-refractivity contribution in [1.82, 2.24) is 5.32 Å². The number of hydrogen-bond donors (Lipinski definition) is 1. The van der Waals surface area contributed by atoms with Crippen LogP contribution in [0.15, 0.2) is 72.8 Å². The lowest BCUT2D eigenvalue weighted by molar-refractivity contribution is -0.137. The first-order valence-electron chi connectivity index (χ1n) is 9.52. The van der Waals surface area contributed by atoms with Crippen molar-refractivity contribution in [2.24, 2.45) is 0 Å². The molecule has 160 valence electrons. The Morgan fingerprint density at radius 1 is 0.968 bits per heavy atom. The highest BCUT2D eigenvalue weighted by Crippen LogP contribution is 2.36. The molecule has 0 bridgehead atoms. The van der Waals surface area contributed by atoms with Crippen molar-refractivity contribution >= 4 is 23.2 Å². The highest BCUT2D eigenvalue weighted by Gasteiger charge is 2.39. The minimum absolute atomic E-state index is 0.228. The summed E-state index contributed by atoms with van der Waals surface area (Å²) in [5, 5.41) is 3.67. The average Bonchev–Trinajstić information content (AvgIpc) is 3.04. The predicted octanol–water partition coefficient (Wildman–Crippen LogP) is 6.17. The van der Waals surface area contributed by atoms with E-state index in [1.807, 2.05) is 0 Å². The molecule has 4 rings (SSSR count). The van der Waals surface area contributed by atoms with E-state index in [2.05, 4.69) is 5.32 Å². The van der Waals surface area contributed by atoms with Gasteiger partial charge in [0, 0.05) is 10.7 Å². The number of alkyl halides is 3. The van der Waals surface area contributed by atoms with Gasteiger partial charge in [-0.2, -0.15) is 13.2 Å². The molecular formula is C23H18ClF3N2O2. The minimum Gasteiger partial charge on any atom is -0.457 e. The second-order valence-electron chi connectivity index (χ2n) is 7.17. The van der Waals surface area contributed by atoms with E-state index in [1.54, 1.807) is 61.5 Å². The number of carbonyl (C=O) groups is 1. The van der Waals surface area contributed by atoms with Gasteiger partial charge in [0.1, 0.15) is 17.7 Å². The van der Waals surface area contributed by atoms with Gasteiger partial charge in [0.25, 0.3) is 0 Å². The summed E-state index contributed by atoms with van der Waals surface area (Å²) in [6.07, 6.45) is -5.18. The summed E-state index contributed by atoms with van der Waals surface area (Å²) in [5.74, 6) is 0.926. The normalized spacial score (nSPS) is 19.0. The number of carbonyl (C=O) groups excluding carboxylic acids is 1. The number of rotatable bonds is 4. The van der Waals surface area contributed by atoms with E-state index in [0.717, 1.165) is 12.1 Å². The number of nitrogens with one attached hydrogen (secondary N) is 1. The molecule has 0 spiro atoms. The fourth-order valence-corrected chi connectivity index (χ4v) is 3.56. The third kappa shape index (κ3) is 4.52. The molecule has 8 heteroatoms. The molecule has 0 aliphatic carbocycles. The van der Waals surface area contributed by atoms with Crippen molar-refractivity contribution in [3.05, 3.63) is 88.9 Å². The smallest absolute Gasteiger partial charge is 0.416 e. The van der Waals surface area contributed by atoms with Gasteiger partial charge in [0.2, 0.25) is 5.91 Å². The molecule has 0 radical (unpaired) electrons. The fourth-order valence-electron chi connectivity index (χ4n) is 3.44. The van der Waals surface area contributed by atoms with Crippen LogP contribution in [-0.4, -0.2) is 11.9 Å². The average molecular weight is 447 g/mol. The SMILES string of the molecule is C[C@H]1NC(c2cccc(C(F)(F)F)c2)N(c2ccc(Oc3ccc(Cl)cc3)cc2)C1=O. The summed E-state index contributed by atoms with van der Waals surface area (Å²) in [6, 6.07) is 18.1. The molecular weight excluding hydrogens is 429 g/mol. The van der Waals surface area contributed by atoms with E-state index in [9.17, 15) is 18.0 Å². The third-order valence-corrected chi connectivity index (χ3v) is 5.22. The maximum atomic E-state index is 13.2. The fraction of sp³-hybridized carbons (Fsp3) is 0.174. The van der Waals surface area contributed by atoms with Gasteiger partial charge in [-0.1, -0.05) is 23.7 Å². The van der Waals surface area contributed by atoms with Crippen molar-refractivity contribution in [2.75, 3.05) is 4.90 Å². The van der Waals surface area contributed by atoms with Crippen molar-refractivity contribution in [3.63, 3.8) is 0 Å². The van der Waals surface area contributed by atoms with Gasteiger partial charge in [-0.15, -0.1) is 0 Å². The number of halogens is 4. The maximum absolute atomic E-state index is 13.2. The molecule has 1 aliphatic heterocycles. The number of amides is 1. The molecule has 1 saturated heterocycles. The van der Waals surface area contributed by atoms with E-state index in [4.69, 9.17) is 16.3 Å². The van der Waals surface area contributed by atoms with Gasteiger partial charge >= 0.3 is 6.18 Å². The van der Waals surface area contributed by atoms with Crippen LogP contribution in [0.2, 0.25) is 5.02 Å². The Kier molecular flexibility index (Phi) is 5.64. The van der Waals surface area contributed by atoms with Crippen molar-refractivity contribution in [1.29, 1.82) is 0 Å². The molecule has 1 amide bonds. The van der Waals surface area contributed by atoms with E-state index in [1.165, 1.54) is 11.0 Å². The molecule has 31 heavy (non-hydrogen) atoms. The zero-order valence-corrected chi connectivity index (χ0v) is 17.1. The molecule has 0 saturated carbocycles. The second kappa shape index (κ2) is 8.24. The molecule has 3 aromatic carbocycles. The van der Waals surface area contributed by atoms with E-state index >= 15 is 0 Å². The summed E-state index contributed by atoms with van der Waals surface area (Å²) >= 11 is 5.87. The Morgan fingerprint density at radius 3 is 2.19 bits per heavy atom. The zero-order chi connectivity index (χ0) is 22.2. The van der Waals surface area contributed by atoms with Gasteiger partial charge in [-0.3, -0.25) is 15.0 Å². The summed E-state index contributed by atoms with van der Waals surface area (Å²) < 4.78 is 45.2. The van der Waals surface area contributed by atoms with Crippen LogP contribution in [0.5, 0.6) is 11.5 Å². The number of nitrogens with zero attached hydrogens (tertiary/aromatic N) is 1. The molecule has 2 atom stereocenters. The molecule has 4 nitrogen and oxygen atoms in total. The Bertz CT molecular complexity index is 1090. The monoisotopic (exact) mass is 446 g/mol. The van der Waals surface area contributed by atoms with Crippen molar-refractivity contribution in [2.45, 2.75) is 25.3 Å². The zero-order valence-electron chi connectivity index (χ0n) is 16.4. The van der Waals surface area contributed by atoms with Gasteiger partial charge in [-0.25, -0.2) is 0 Å². The number of benzene rings is 3. The molecule has 1 heterocycles. The summed E-state index contributed by atoms with van der Waals surface area (Å²) in [4.78, 5) is 14.2. The van der Waals surface area contributed by atoms with Crippen LogP contribution in [-0.2, 0) is 11.0 Å². The van der Waals surface area contributed by atoms with Crippen LogP contribution in [0.4, 0.5) is 18.9 Å². The third-order valence-electron chi connectivity index (χ3n) is 4.97. The molecule has 1 unspecified atom stereocenters. The molecule has 1 fully saturated rings. The lowest BCUT2D eigenvalue weighted by atomic mass is 10.1. The number of anilines is 1. The molecule has 0 aromatic heterocycles. The first-order valence-corrected chi connectivity index (χ1v) is 9.90. The van der Waals surface area contributed by atoms with Gasteiger partial charge in [0.05, 0.1) is 11.6 Å². The molecule has 1 aliphatic rings. The summed E-state index contributed by atoms with van der Waals surface area (Å²) in [6.45, 7) is 1.68. The van der Waals surface area contributed by atoms with E-state index in [-0.39, 0.29) is 5.91 Å². The van der Waals surface area contributed by atoms with Gasteiger partial charge < -0.3 is 4.74 Å². The maximum Gasteiger partial charge on any atom is 0.416 e. The molecule has 3 aromatic rings. The topological polar surface area (TPSA) is 41.6 Å². The standard InChI is InChI=1S/C23H18ClF3N2O2/c1-14-22(30)29(21(28-14)15-3-2-4-16(13-15)23(25,26)27)18-7-11-20(12-8-18)31-19-9-5-17(24)6-10-19/h2-14,21,28H,1H3/t14-,21?/m1/s1. The Labute approximate surface area is 182 Å². The lowest BCUT2D eigenvalue weighted by Gasteiger charge is -2.25. The predicted molar refractivity (Wildman–Crippen MR) is 112 cm³/mol. The quantitative estimate of drug-likeness (QED) is 0.520. The van der Waals surface area contributed by atoms with Crippen LogP contribution in [0, 0.1) is 0 Å². The first-order chi connectivity index (χ1) is 14.7. The lowest BCUT2D eigenvalue weighted by Crippen LogP contribution is -2.30. The Balaban J connectivity index is 1.60. The van der Waals surface area contributed by atoms with Crippen LogP contribution < -0.4 is 15.0 Å². The summed E-state index contributed by atoms with van der Waals surface area (Å²) in [7, 11) is 0. The van der Waals surface area contributed by atoms with Crippen molar-refractivity contribution < 1.29 is 22.7 Å². The minimum atomic E-state index is -4.46. The number of ether oxygens (including phenoxy) is 1. The van der Waals surface area contributed by atoms with Gasteiger partial charge in [0.15, 0.2) is 0 Å². The van der Waals surface area contributed by atoms with E-state index < -0.39 is 23.9 Å². The van der Waals surface area contributed by atoms with Gasteiger partial charge in [-0.05, 0) is 73.2 Å². The van der Waals surface area contributed by atoms with E-state index in [0.29, 0.717) is 27.8 Å². The molecule has 1 N–H and O–H groups in total. The van der Waals surface area contributed by atoms with Crippen LogP contribution in [0.25, 0.3) is 0 Å². The second-order valence-corrected chi connectivity index (χ2v) is 7.61.